The second-order valence-corrected chi connectivity index (χ2v) is 3.76. The molecule has 0 saturated heterocycles. The van der Waals surface area contributed by atoms with Crippen molar-refractivity contribution in [3.8, 4) is 11.3 Å². The van der Waals surface area contributed by atoms with Gasteiger partial charge in [0, 0.05) is 18.3 Å². The molecular formula is C12H12F2N4O. The van der Waals surface area contributed by atoms with Crippen molar-refractivity contribution in [1.82, 2.24) is 15.3 Å². The normalized spacial score (nSPS) is 10.5. The van der Waals surface area contributed by atoms with Crippen molar-refractivity contribution in [1.29, 1.82) is 0 Å². The zero-order valence-electron chi connectivity index (χ0n) is 9.92. The molecule has 0 unspecified atom stereocenters. The highest BCUT2D eigenvalue weighted by atomic mass is 19.4. The van der Waals surface area contributed by atoms with E-state index in [4.69, 9.17) is 5.11 Å². The molecule has 100 valence electrons. The summed E-state index contributed by atoms with van der Waals surface area (Å²) in [4.78, 5) is 8.09. The van der Waals surface area contributed by atoms with E-state index in [1.54, 1.807) is 18.3 Å². The molecule has 0 fully saturated rings. The molecule has 7 heteroatoms. The van der Waals surface area contributed by atoms with Crippen LogP contribution in [0.4, 0.5) is 14.6 Å². The molecule has 0 aliphatic rings. The minimum Gasteiger partial charge on any atom is -0.381 e. The predicted molar refractivity (Wildman–Crippen MR) is 66.1 cm³/mol. The van der Waals surface area contributed by atoms with Gasteiger partial charge in [-0.2, -0.15) is 0 Å². The van der Waals surface area contributed by atoms with Crippen molar-refractivity contribution in [3.63, 3.8) is 0 Å². The molecule has 2 aromatic heterocycles. The molecular weight excluding hydrogens is 254 g/mol. The minimum absolute atomic E-state index is 0.137. The van der Waals surface area contributed by atoms with Crippen molar-refractivity contribution in [2.24, 2.45) is 0 Å². The number of halogens is 2. The highest BCUT2D eigenvalue weighted by Crippen LogP contribution is 2.21. The van der Waals surface area contributed by atoms with E-state index in [0.29, 0.717) is 12.2 Å². The third-order valence-corrected chi connectivity index (χ3v) is 2.47. The molecule has 2 aromatic rings. The quantitative estimate of drug-likeness (QED) is 0.638. The fraction of sp³-hybridized carbons (Fsp3) is 0.167. The Bertz CT molecular complexity index is 534. The van der Waals surface area contributed by atoms with Crippen LogP contribution in [0.25, 0.3) is 11.3 Å². The fourth-order valence-electron chi connectivity index (χ4n) is 1.57. The maximum atomic E-state index is 12.3. The Morgan fingerprint density at radius 2 is 2.05 bits per heavy atom. The van der Waals surface area contributed by atoms with Gasteiger partial charge in [-0.1, -0.05) is 8.96 Å². The molecule has 2 heterocycles. The largest absolute Gasteiger partial charge is 0.381 e. The van der Waals surface area contributed by atoms with Gasteiger partial charge in [-0.05, 0) is 29.6 Å². The van der Waals surface area contributed by atoms with E-state index >= 15 is 0 Å². The zero-order chi connectivity index (χ0) is 13.7. The van der Waals surface area contributed by atoms with Gasteiger partial charge < -0.3 is 5.11 Å². The van der Waals surface area contributed by atoms with Crippen LogP contribution in [0.15, 0.2) is 36.7 Å². The van der Waals surface area contributed by atoms with E-state index in [2.05, 4.69) is 15.3 Å². The number of hydrogen-bond donors (Lipinski definition) is 2. The molecule has 2 rings (SSSR count). The fourth-order valence-corrected chi connectivity index (χ4v) is 1.57. The molecule has 19 heavy (non-hydrogen) atoms. The van der Waals surface area contributed by atoms with Gasteiger partial charge in [0.25, 0.3) is 0 Å². The van der Waals surface area contributed by atoms with Gasteiger partial charge in [-0.25, -0.2) is 0 Å². The summed E-state index contributed by atoms with van der Waals surface area (Å²) in [6, 6.07) is 6.33. The zero-order valence-corrected chi connectivity index (χ0v) is 9.92. The smallest absolute Gasteiger partial charge is 0.123 e. The average molecular weight is 266 g/mol. The number of nitrogens with zero attached hydrogens (tertiary/aromatic N) is 3. The van der Waals surface area contributed by atoms with Gasteiger partial charge >= 0.3 is 0 Å². The van der Waals surface area contributed by atoms with Crippen LogP contribution in [0.1, 0.15) is 5.69 Å². The maximum absolute atomic E-state index is 12.3. The van der Waals surface area contributed by atoms with Crippen LogP contribution in [0.2, 0.25) is 0 Å². The number of hydrogen-bond acceptors (Lipinski definition) is 5. The molecule has 2 N–H and O–H groups in total. The Hall–Kier alpha value is -2.12. The van der Waals surface area contributed by atoms with Gasteiger partial charge in [-0.15, -0.1) is 0 Å². The SMILES string of the molecule is OCNCc1cc(-c2ccc(N(F)F)cn2)ccn1. The first-order chi connectivity index (χ1) is 9.20. The highest BCUT2D eigenvalue weighted by Gasteiger charge is 2.05. The van der Waals surface area contributed by atoms with Crippen molar-refractivity contribution >= 4 is 5.69 Å². The Labute approximate surface area is 108 Å². The third-order valence-electron chi connectivity index (χ3n) is 2.47. The van der Waals surface area contributed by atoms with Crippen LogP contribution in [-0.2, 0) is 6.54 Å². The summed E-state index contributed by atoms with van der Waals surface area (Å²) in [5.74, 6) is 0. The van der Waals surface area contributed by atoms with Crippen molar-refractivity contribution in [2.45, 2.75) is 6.54 Å². The molecule has 0 bridgehead atoms. The van der Waals surface area contributed by atoms with Gasteiger partial charge in [0.2, 0.25) is 0 Å². The Balaban J connectivity index is 2.21. The highest BCUT2D eigenvalue weighted by molar-refractivity contribution is 5.60. The third kappa shape index (κ3) is 3.43. The number of nitrogens with one attached hydrogen (secondary N) is 1. The second-order valence-electron chi connectivity index (χ2n) is 3.76. The van der Waals surface area contributed by atoms with Crippen molar-refractivity contribution < 1.29 is 14.1 Å². The van der Waals surface area contributed by atoms with Gasteiger partial charge in [-0.3, -0.25) is 15.3 Å². The molecule has 0 spiro atoms. The number of rotatable bonds is 5. The first-order valence-electron chi connectivity index (χ1n) is 5.55. The number of aliphatic hydroxyl groups excluding tert-OH is 1. The molecule has 0 radical (unpaired) electrons. The van der Waals surface area contributed by atoms with E-state index < -0.39 is 5.34 Å². The lowest BCUT2D eigenvalue weighted by atomic mass is 10.1. The number of aliphatic hydroxyl groups is 1. The van der Waals surface area contributed by atoms with Crippen LogP contribution >= 0.6 is 0 Å². The maximum Gasteiger partial charge on any atom is 0.123 e. The Kier molecular flexibility index (Phi) is 4.32. The van der Waals surface area contributed by atoms with Crippen molar-refractivity contribution in [2.75, 3.05) is 12.1 Å². The monoisotopic (exact) mass is 266 g/mol. The lowest BCUT2D eigenvalue weighted by Gasteiger charge is -2.06. The molecule has 0 aromatic carbocycles. The predicted octanol–water partition coefficient (Wildman–Crippen LogP) is 1.76. The molecule has 0 amide bonds. The van der Waals surface area contributed by atoms with E-state index in [1.807, 2.05) is 0 Å². The second kappa shape index (κ2) is 6.17. The molecule has 0 atom stereocenters. The number of anilines is 1. The van der Waals surface area contributed by atoms with Crippen LogP contribution in [0.3, 0.4) is 0 Å². The molecule has 0 aliphatic carbocycles. The van der Waals surface area contributed by atoms with Crippen LogP contribution in [0, 0.1) is 0 Å². The summed E-state index contributed by atoms with van der Waals surface area (Å²) in [5, 5.41) is 10.4. The Morgan fingerprint density at radius 3 is 2.68 bits per heavy atom. The van der Waals surface area contributed by atoms with E-state index in [1.165, 1.54) is 12.1 Å². The average Bonchev–Trinajstić information content (AvgIpc) is 2.45. The molecule has 0 saturated carbocycles. The summed E-state index contributed by atoms with van der Waals surface area (Å²) >= 11 is 0. The van der Waals surface area contributed by atoms with Gasteiger partial charge in [0.05, 0.1) is 24.3 Å². The summed E-state index contributed by atoms with van der Waals surface area (Å²) < 4.78 is 24.5. The summed E-state index contributed by atoms with van der Waals surface area (Å²) in [5.41, 5.74) is 1.83. The Morgan fingerprint density at radius 1 is 1.21 bits per heavy atom. The topological polar surface area (TPSA) is 61.3 Å². The minimum atomic E-state index is -0.986. The first-order valence-corrected chi connectivity index (χ1v) is 5.55. The van der Waals surface area contributed by atoms with Gasteiger partial charge in [0.15, 0.2) is 0 Å². The summed E-state index contributed by atoms with van der Waals surface area (Å²) in [6.45, 7) is 0.285. The number of aromatic nitrogens is 2. The van der Waals surface area contributed by atoms with E-state index in [0.717, 1.165) is 17.5 Å². The molecule has 0 aliphatic heterocycles. The standard InChI is InChI=1S/C12H12F2N4O/c13-18(14)11-1-2-12(17-7-11)9-3-4-16-10(5-9)6-15-8-19/h1-5,7,15,19H,6,8H2. The van der Waals surface area contributed by atoms with E-state index in [-0.39, 0.29) is 12.4 Å². The lowest BCUT2D eigenvalue weighted by molar-refractivity contribution is 0.235. The first kappa shape index (κ1) is 13.3. The lowest BCUT2D eigenvalue weighted by Crippen LogP contribution is -2.14. The van der Waals surface area contributed by atoms with E-state index in [9.17, 15) is 8.96 Å². The molecule has 5 nitrogen and oxygen atoms in total. The van der Waals surface area contributed by atoms with Crippen molar-refractivity contribution in [3.05, 3.63) is 42.4 Å². The summed E-state index contributed by atoms with van der Waals surface area (Å²) in [7, 11) is 0. The van der Waals surface area contributed by atoms with Crippen LogP contribution in [0.5, 0.6) is 0 Å². The van der Waals surface area contributed by atoms with Gasteiger partial charge in [0.1, 0.15) is 5.69 Å². The summed E-state index contributed by atoms with van der Waals surface area (Å²) in [6.07, 6.45) is 2.71. The number of pyridine rings is 2. The van der Waals surface area contributed by atoms with Crippen LogP contribution < -0.4 is 10.7 Å². The van der Waals surface area contributed by atoms with Crippen LogP contribution in [-0.4, -0.2) is 21.8 Å².